The molecule has 0 radical (unpaired) electrons. The van der Waals surface area contributed by atoms with E-state index in [-0.39, 0.29) is 17.2 Å². The molecule has 1 heterocycles. The van der Waals surface area contributed by atoms with Crippen molar-refractivity contribution in [2.24, 2.45) is 11.1 Å². The summed E-state index contributed by atoms with van der Waals surface area (Å²) in [5.41, 5.74) is 6.68. The largest absolute Gasteiger partial charge is 0.350 e. The van der Waals surface area contributed by atoms with Crippen LogP contribution in [-0.2, 0) is 16.1 Å². The second-order valence-electron chi connectivity index (χ2n) is 7.38. The molecule has 1 aliphatic rings. The molecule has 1 saturated heterocycles. The Hall–Kier alpha value is -1.59. The van der Waals surface area contributed by atoms with Gasteiger partial charge in [-0.05, 0) is 36.0 Å². The number of hydrogen-bond donors (Lipinski definition) is 2. The van der Waals surface area contributed by atoms with E-state index in [0.717, 1.165) is 12.0 Å². The summed E-state index contributed by atoms with van der Waals surface area (Å²) in [5.74, 6) is -0.287. The van der Waals surface area contributed by atoms with E-state index in [1.54, 1.807) is 11.0 Å². The maximum absolute atomic E-state index is 12.6. The molecule has 2 atom stereocenters. The van der Waals surface area contributed by atoms with Crippen LogP contribution in [0.1, 0.15) is 39.2 Å². The van der Waals surface area contributed by atoms with Crippen LogP contribution in [0, 0.1) is 5.41 Å². The fourth-order valence-electron chi connectivity index (χ4n) is 2.81. The Morgan fingerprint density at radius 2 is 2.12 bits per heavy atom. The second-order valence-corrected chi connectivity index (χ2v) is 7.82. The molecule has 0 bridgehead atoms. The van der Waals surface area contributed by atoms with Gasteiger partial charge in [0.2, 0.25) is 11.8 Å². The number of nitrogens with zero attached hydrogens (tertiary/aromatic N) is 1. The quantitative estimate of drug-likeness (QED) is 0.874. The number of hydrogen-bond acceptors (Lipinski definition) is 3. The molecule has 2 amide bonds. The van der Waals surface area contributed by atoms with Crippen LogP contribution in [0.5, 0.6) is 0 Å². The van der Waals surface area contributed by atoms with Crippen LogP contribution in [0.4, 0.5) is 0 Å². The summed E-state index contributed by atoms with van der Waals surface area (Å²) in [6, 6.07) is 6.30. The van der Waals surface area contributed by atoms with Crippen molar-refractivity contribution in [3.8, 4) is 0 Å². The number of carbonyl (C=O) groups is 2. The molecule has 132 valence electrons. The smallest absolute Gasteiger partial charge is 0.243 e. The van der Waals surface area contributed by atoms with Gasteiger partial charge in [-0.2, -0.15) is 0 Å². The van der Waals surface area contributed by atoms with Crippen molar-refractivity contribution >= 4 is 23.4 Å². The number of benzene rings is 1. The Kier molecular flexibility index (Phi) is 5.88. The highest BCUT2D eigenvalue weighted by molar-refractivity contribution is 6.30. The van der Waals surface area contributed by atoms with E-state index in [2.05, 4.69) is 5.32 Å². The van der Waals surface area contributed by atoms with Crippen LogP contribution in [0.15, 0.2) is 24.3 Å². The van der Waals surface area contributed by atoms with Gasteiger partial charge >= 0.3 is 0 Å². The normalized spacial score (nSPS) is 19.2. The third-order valence-electron chi connectivity index (χ3n) is 4.39. The van der Waals surface area contributed by atoms with E-state index in [0.29, 0.717) is 24.5 Å². The Morgan fingerprint density at radius 3 is 2.75 bits per heavy atom. The van der Waals surface area contributed by atoms with Gasteiger partial charge in [0.1, 0.15) is 6.04 Å². The molecule has 1 aliphatic heterocycles. The van der Waals surface area contributed by atoms with Crippen LogP contribution in [0.2, 0.25) is 5.02 Å². The summed E-state index contributed by atoms with van der Waals surface area (Å²) < 4.78 is 0. The number of halogens is 1. The lowest BCUT2D eigenvalue weighted by Crippen LogP contribution is -2.54. The van der Waals surface area contributed by atoms with Gasteiger partial charge in [-0.3, -0.25) is 9.59 Å². The molecule has 0 unspecified atom stereocenters. The molecule has 5 nitrogen and oxygen atoms in total. The number of likely N-dealkylation sites (tertiary alicyclic amines) is 1. The molecule has 1 fully saturated rings. The van der Waals surface area contributed by atoms with Crippen LogP contribution >= 0.6 is 11.6 Å². The lowest BCUT2D eigenvalue weighted by atomic mass is 9.86. The predicted molar refractivity (Wildman–Crippen MR) is 95.5 cm³/mol. The third kappa shape index (κ3) is 4.48. The first-order chi connectivity index (χ1) is 11.2. The van der Waals surface area contributed by atoms with Gasteiger partial charge in [0, 0.05) is 18.1 Å². The van der Waals surface area contributed by atoms with E-state index in [9.17, 15) is 9.59 Å². The zero-order valence-corrected chi connectivity index (χ0v) is 15.3. The summed E-state index contributed by atoms with van der Waals surface area (Å²) in [4.78, 5) is 26.8. The fraction of sp³-hybridized carbons (Fsp3) is 0.556. The minimum Gasteiger partial charge on any atom is -0.350 e. The van der Waals surface area contributed by atoms with Gasteiger partial charge in [0.25, 0.3) is 0 Å². The van der Waals surface area contributed by atoms with Crippen molar-refractivity contribution in [2.45, 2.75) is 52.2 Å². The summed E-state index contributed by atoms with van der Waals surface area (Å²) in [5, 5.41) is 3.53. The van der Waals surface area contributed by atoms with Gasteiger partial charge in [-0.15, -0.1) is 0 Å². The Bertz CT molecular complexity index is 613. The standard InChI is InChI=1S/C18H26ClN3O2/c1-18(2,3)15(20)17(24)22-9-5-8-14(22)16(23)21-11-12-6-4-7-13(19)10-12/h4,6-7,10,14-15H,5,8-9,11,20H2,1-3H3,(H,21,23)/t14-,15-/m0/s1. The molecule has 0 spiro atoms. The molecule has 3 N–H and O–H groups in total. The third-order valence-corrected chi connectivity index (χ3v) is 4.63. The maximum Gasteiger partial charge on any atom is 0.243 e. The van der Waals surface area contributed by atoms with Crippen LogP contribution < -0.4 is 11.1 Å². The van der Waals surface area contributed by atoms with Crippen molar-refractivity contribution in [3.63, 3.8) is 0 Å². The summed E-state index contributed by atoms with van der Waals surface area (Å²) in [6.07, 6.45) is 1.49. The first-order valence-corrected chi connectivity index (χ1v) is 8.66. The molecule has 1 aromatic rings. The average Bonchev–Trinajstić information content (AvgIpc) is 3.00. The average molecular weight is 352 g/mol. The molecule has 0 aliphatic carbocycles. The molecule has 0 aromatic heterocycles. The maximum atomic E-state index is 12.6. The minimum absolute atomic E-state index is 0.137. The monoisotopic (exact) mass is 351 g/mol. The second kappa shape index (κ2) is 7.53. The van der Waals surface area contributed by atoms with Crippen LogP contribution in [-0.4, -0.2) is 35.3 Å². The zero-order valence-electron chi connectivity index (χ0n) is 14.5. The number of carbonyl (C=O) groups excluding carboxylic acids is 2. The molecule has 24 heavy (non-hydrogen) atoms. The van der Waals surface area contributed by atoms with Crippen molar-refractivity contribution in [2.75, 3.05) is 6.54 Å². The molecule has 2 rings (SSSR count). The van der Waals surface area contributed by atoms with Gasteiger partial charge < -0.3 is 16.0 Å². The Balaban J connectivity index is 1.99. The SMILES string of the molecule is CC(C)(C)[C@@H](N)C(=O)N1CCC[C@H]1C(=O)NCc1cccc(Cl)c1. The van der Waals surface area contributed by atoms with E-state index < -0.39 is 12.1 Å². The lowest BCUT2D eigenvalue weighted by molar-refractivity contribution is -0.141. The number of nitrogens with two attached hydrogens (primary N) is 1. The van der Waals surface area contributed by atoms with Crippen molar-refractivity contribution in [1.29, 1.82) is 0 Å². The highest BCUT2D eigenvalue weighted by Crippen LogP contribution is 2.24. The van der Waals surface area contributed by atoms with Gasteiger partial charge in [0.05, 0.1) is 6.04 Å². The first-order valence-electron chi connectivity index (χ1n) is 8.28. The van der Waals surface area contributed by atoms with Crippen LogP contribution in [0.25, 0.3) is 0 Å². The number of nitrogens with one attached hydrogen (secondary N) is 1. The first kappa shape index (κ1) is 18.7. The number of amides is 2. The summed E-state index contributed by atoms with van der Waals surface area (Å²) in [6.45, 7) is 6.76. The summed E-state index contributed by atoms with van der Waals surface area (Å²) >= 11 is 5.95. The van der Waals surface area contributed by atoms with E-state index in [4.69, 9.17) is 17.3 Å². The van der Waals surface area contributed by atoms with Crippen molar-refractivity contribution in [1.82, 2.24) is 10.2 Å². The Morgan fingerprint density at radius 1 is 1.42 bits per heavy atom. The van der Waals surface area contributed by atoms with Crippen molar-refractivity contribution < 1.29 is 9.59 Å². The highest BCUT2D eigenvalue weighted by atomic mass is 35.5. The molecule has 0 saturated carbocycles. The van der Waals surface area contributed by atoms with Crippen LogP contribution in [0.3, 0.4) is 0 Å². The van der Waals surface area contributed by atoms with E-state index >= 15 is 0 Å². The highest BCUT2D eigenvalue weighted by Gasteiger charge is 2.39. The predicted octanol–water partition coefficient (Wildman–Crippen LogP) is 2.32. The fourth-order valence-corrected chi connectivity index (χ4v) is 3.02. The van der Waals surface area contributed by atoms with Gasteiger partial charge in [-0.1, -0.05) is 44.5 Å². The molecule has 1 aromatic carbocycles. The lowest BCUT2D eigenvalue weighted by Gasteiger charge is -2.32. The Labute approximate surface area is 148 Å². The molecular weight excluding hydrogens is 326 g/mol. The molecule has 6 heteroatoms. The minimum atomic E-state index is -0.612. The molecular formula is C18H26ClN3O2. The zero-order chi connectivity index (χ0) is 17.9. The van der Waals surface area contributed by atoms with E-state index in [1.165, 1.54) is 0 Å². The van der Waals surface area contributed by atoms with Gasteiger partial charge in [-0.25, -0.2) is 0 Å². The van der Waals surface area contributed by atoms with E-state index in [1.807, 2.05) is 39.0 Å². The topological polar surface area (TPSA) is 75.4 Å². The number of rotatable bonds is 4. The summed E-state index contributed by atoms with van der Waals surface area (Å²) in [7, 11) is 0. The van der Waals surface area contributed by atoms with Crippen molar-refractivity contribution in [3.05, 3.63) is 34.9 Å². The van der Waals surface area contributed by atoms with Gasteiger partial charge in [0.15, 0.2) is 0 Å².